The lowest BCUT2D eigenvalue weighted by Crippen LogP contribution is -2.02. The van der Waals surface area contributed by atoms with Gasteiger partial charge in [-0.05, 0) is 44.4 Å². The summed E-state index contributed by atoms with van der Waals surface area (Å²) < 4.78 is 2.23. The third kappa shape index (κ3) is 2.23. The molecule has 1 saturated carbocycles. The topological polar surface area (TPSA) is 29.9 Å². The number of aryl methyl sites for hydroxylation is 2. The lowest BCUT2D eigenvalue weighted by molar-refractivity contribution is 0.750. The van der Waals surface area contributed by atoms with E-state index in [4.69, 9.17) is 11.6 Å². The van der Waals surface area contributed by atoms with E-state index in [2.05, 4.69) is 28.0 Å². The Morgan fingerprint density at radius 3 is 2.83 bits per heavy atom. The highest BCUT2D eigenvalue weighted by Crippen LogP contribution is 2.38. The van der Waals surface area contributed by atoms with E-state index >= 15 is 0 Å². The van der Waals surface area contributed by atoms with E-state index in [1.165, 1.54) is 18.4 Å². The Morgan fingerprint density at radius 1 is 1.33 bits per heavy atom. The predicted octanol–water partition coefficient (Wildman–Crippen LogP) is 4.23. The third-order valence-electron chi connectivity index (χ3n) is 3.24. The first-order valence-electron chi connectivity index (χ1n) is 6.22. The molecule has 1 fully saturated rings. The number of benzene rings is 1. The van der Waals surface area contributed by atoms with Crippen LogP contribution in [0.15, 0.2) is 24.4 Å². The normalized spacial score (nSPS) is 14.8. The quantitative estimate of drug-likeness (QED) is 0.896. The molecule has 4 heteroatoms. The molecule has 0 bridgehead atoms. The summed E-state index contributed by atoms with van der Waals surface area (Å²) in [5, 5.41) is 4.13. The third-order valence-corrected chi connectivity index (χ3v) is 3.47. The van der Waals surface area contributed by atoms with Crippen LogP contribution in [0.25, 0.3) is 0 Å². The summed E-state index contributed by atoms with van der Waals surface area (Å²) in [6.07, 6.45) is 4.61. The number of nitrogens with one attached hydrogen (secondary N) is 1. The van der Waals surface area contributed by atoms with Crippen LogP contribution >= 0.6 is 11.6 Å². The van der Waals surface area contributed by atoms with E-state index in [-0.39, 0.29) is 0 Å². The fourth-order valence-electron chi connectivity index (χ4n) is 2.09. The number of halogens is 1. The van der Waals surface area contributed by atoms with E-state index in [1.54, 1.807) is 0 Å². The molecule has 0 radical (unpaired) electrons. The zero-order chi connectivity index (χ0) is 12.7. The van der Waals surface area contributed by atoms with Crippen LogP contribution in [0, 0.1) is 13.8 Å². The molecular formula is C14H16ClN3. The van der Waals surface area contributed by atoms with Gasteiger partial charge in [-0.15, -0.1) is 0 Å². The first kappa shape index (κ1) is 11.6. The van der Waals surface area contributed by atoms with Gasteiger partial charge < -0.3 is 9.88 Å². The van der Waals surface area contributed by atoms with Crippen molar-refractivity contribution in [1.82, 2.24) is 9.55 Å². The second kappa shape index (κ2) is 4.32. The van der Waals surface area contributed by atoms with Crippen molar-refractivity contribution in [2.24, 2.45) is 0 Å². The first-order valence-corrected chi connectivity index (χ1v) is 6.60. The molecule has 3 nitrogen and oxygen atoms in total. The van der Waals surface area contributed by atoms with Gasteiger partial charge in [-0.2, -0.15) is 0 Å². The average molecular weight is 262 g/mol. The lowest BCUT2D eigenvalue weighted by atomic mass is 10.2. The predicted molar refractivity (Wildman–Crippen MR) is 74.7 cm³/mol. The van der Waals surface area contributed by atoms with Crippen molar-refractivity contribution in [3.05, 3.63) is 40.7 Å². The number of hydrogen-bond donors (Lipinski definition) is 1. The van der Waals surface area contributed by atoms with Gasteiger partial charge in [-0.3, -0.25) is 0 Å². The summed E-state index contributed by atoms with van der Waals surface area (Å²) in [5.41, 5.74) is 3.24. The van der Waals surface area contributed by atoms with Gasteiger partial charge in [0, 0.05) is 22.9 Å². The van der Waals surface area contributed by atoms with Crippen LogP contribution in [0.1, 0.15) is 30.1 Å². The number of hydrogen-bond acceptors (Lipinski definition) is 2. The number of nitrogens with zero attached hydrogens (tertiary/aromatic N) is 2. The van der Waals surface area contributed by atoms with E-state index in [0.29, 0.717) is 6.04 Å². The van der Waals surface area contributed by atoms with Gasteiger partial charge in [0.05, 0.1) is 5.69 Å². The molecule has 1 N–H and O–H groups in total. The van der Waals surface area contributed by atoms with Gasteiger partial charge in [0.1, 0.15) is 0 Å². The number of rotatable bonds is 3. The maximum Gasteiger partial charge on any atom is 0.207 e. The highest BCUT2D eigenvalue weighted by Gasteiger charge is 2.26. The van der Waals surface area contributed by atoms with Crippen molar-refractivity contribution in [1.29, 1.82) is 0 Å². The molecule has 0 saturated heterocycles. The molecule has 1 heterocycles. The summed E-state index contributed by atoms with van der Waals surface area (Å²) >= 11 is 6.04. The molecule has 1 aromatic heterocycles. The molecular weight excluding hydrogens is 246 g/mol. The zero-order valence-corrected chi connectivity index (χ0v) is 11.3. The molecule has 0 spiro atoms. The lowest BCUT2D eigenvalue weighted by Gasteiger charge is -2.11. The molecule has 18 heavy (non-hydrogen) atoms. The van der Waals surface area contributed by atoms with Gasteiger partial charge in [0.2, 0.25) is 5.95 Å². The Labute approximate surface area is 112 Å². The molecule has 0 aliphatic heterocycles. The number of imidazole rings is 1. The fourth-order valence-corrected chi connectivity index (χ4v) is 2.26. The highest BCUT2D eigenvalue weighted by atomic mass is 35.5. The zero-order valence-electron chi connectivity index (χ0n) is 10.6. The second-order valence-corrected chi connectivity index (χ2v) is 5.37. The van der Waals surface area contributed by atoms with Crippen molar-refractivity contribution in [2.75, 3.05) is 5.32 Å². The van der Waals surface area contributed by atoms with Crippen molar-refractivity contribution < 1.29 is 0 Å². The monoisotopic (exact) mass is 261 g/mol. The number of aromatic nitrogens is 2. The number of anilines is 2. The molecule has 1 aliphatic carbocycles. The maximum absolute atomic E-state index is 6.04. The van der Waals surface area contributed by atoms with Crippen molar-refractivity contribution in [3.63, 3.8) is 0 Å². The van der Waals surface area contributed by atoms with Gasteiger partial charge in [0.25, 0.3) is 0 Å². The molecule has 3 rings (SSSR count). The first-order chi connectivity index (χ1) is 8.63. The van der Waals surface area contributed by atoms with Gasteiger partial charge in [0.15, 0.2) is 0 Å². The van der Waals surface area contributed by atoms with Crippen LogP contribution in [-0.4, -0.2) is 9.55 Å². The molecule has 0 amide bonds. The van der Waals surface area contributed by atoms with Crippen LogP contribution in [-0.2, 0) is 0 Å². The minimum absolute atomic E-state index is 0.619. The summed E-state index contributed by atoms with van der Waals surface area (Å²) in [5.74, 6) is 0.917. The van der Waals surface area contributed by atoms with E-state index in [0.717, 1.165) is 22.4 Å². The van der Waals surface area contributed by atoms with E-state index in [9.17, 15) is 0 Å². The molecule has 1 aromatic carbocycles. The summed E-state index contributed by atoms with van der Waals surface area (Å²) in [4.78, 5) is 4.55. The Kier molecular flexibility index (Phi) is 2.78. The maximum atomic E-state index is 6.04. The van der Waals surface area contributed by atoms with Crippen molar-refractivity contribution >= 4 is 23.2 Å². The summed E-state index contributed by atoms with van der Waals surface area (Å²) in [6, 6.07) is 6.48. The van der Waals surface area contributed by atoms with Crippen LogP contribution in [0.3, 0.4) is 0 Å². The van der Waals surface area contributed by atoms with Gasteiger partial charge >= 0.3 is 0 Å². The Hall–Kier alpha value is -1.48. The Balaban J connectivity index is 1.94. The summed E-state index contributed by atoms with van der Waals surface area (Å²) in [6.45, 7) is 4.09. The fraction of sp³-hybridized carbons (Fsp3) is 0.357. The minimum atomic E-state index is 0.619. The van der Waals surface area contributed by atoms with Gasteiger partial charge in [-0.25, -0.2) is 4.98 Å². The van der Waals surface area contributed by atoms with Crippen LogP contribution in [0.2, 0.25) is 5.02 Å². The highest BCUT2D eigenvalue weighted by molar-refractivity contribution is 6.30. The van der Waals surface area contributed by atoms with Crippen LogP contribution < -0.4 is 5.32 Å². The Bertz CT molecular complexity index is 585. The molecule has 0 unspecified atom stereocenters. The molecule has 1 aliphatic rings. The van der Waals surface area contributed by atoms with Crippen molar-refractivity contribution in [2.45, 2.75) is 32.7 Å². The van der Waals surface area contributed by atoms with Crippen LogP contribution in [0.5, 0.6) is 0 Å². The molecule has 94 valence electrons. The second-order valence-electron chi connectivity index (χ2n) is 4.93. The summed E-state index contributed by atoms with van der Waals surface area (Å²) in [7, 11) is 0. The van der Waals surface area contributed by atoms with Crippen molar-refractivity contribution in [3.8, 4) is 0 Å². The van der Waals surface area contributed by atoms with Crippen LogP contribution in [0.4, 0.5) is 11.6 Å². The SMILES string of the molecule is Cc1cn(C2CC2)c(Nc2cc(Cl)ccc2C)n1. The smallest absolute Gasteiger partial charge is 0.207 e. The van der Waals surface area contributed by atoms with E-state index in [1.807, 2.05) is 25.1 Å². The molecule has 2 aromatic rings. The standard InChI is InChI=1S/C14H16ClN3/c1-9-3-4-11(15)7-13(9)17-14-16-10(2)8-18(14)12-5-6-12/h3-4,7-8,12H,5-6H2,1-2H3,(H,16,17). The van der Waals surface area contributed by atoms with E-state index < -0.39 is 0 Å². The Morgan fingerprint density at radius 2 is 2.11 bits per heavy atom. The minimum Gasteiger partial charge on any atom is -0.325 e. The largest absolute Gasteiger partial charge is 0.325 e. The molecule has 0 atom stereocenters. The van der Waals surface area contributed by atoms with Gasteiger partial charge in [-0.1, -0.05) is 17.7 Å². The average Bonchev–Trinajstić information content (AvgIpc) is 3.09.